The summed E-state index contributed by atoms with van der Waals surface area (Å²) >= 11 is 3.52. The fourth-order valence-corrected chi connectivity index (χ4v) is 1.88. The van der Waals surface area contributed by atoms with Crippen LogP contribution < -0.4 is 15.4 Å². The van der Waals surface area contributed by atoms with Gasteiger partial charge in [0.15, 0.2) is 6.61 Å². The molecule has 1 rings (SSSR count). The molecule has 0 radical (unpaired) electrons. The summed E-state index contributed by atoms with van der Waals surface area (Å²) in [6.45, 7) is 6.12. The van der Waals surface area contributed by atoms with Crippen molar-refractivity contribution in [2.45, 2.75) is 20.4 Å². The van der Waals surface area contributed by atoms with E-state index in [4.69, 9.17) is 4.74 Å². The third kappa shape index (κ3) is 6.07. The van der Waals surface area contributed by atoms with Crippen LogP contribution in [-0.2, 0) is 11.3 Å². The third-order valence-electron chi connectivity index (χ3n) is 2.53. The monoisotopic (exact) mass is 328 g/mol. The van der Waals surface area contributed by atoms with Gasteiger partial charge in [0.2, 0.25) is 0 Å². The zero-order valence-corrected chi connectivity index (χ0v) is 13.2. The molecule has 19 heavy (non-hydrogen) atoms. The van der Waals surface area contributed by atoms with Crippen LogP contribution in [0.1, 0.15) is 19.4 Å². The average Bonchev–Trinajstić information content (AvgIpc) is 2.38. The van der Waals surface area contributed by atoms with Crippen molar-refractivity contribution in [3.8, 4) is 5.75 Å². The van der Waals surface area contributed by atoms with Crippen molar-refractivity contribution in [1.82, 2.24) is 10.6 Å². The van der Waals surface area contributed by atoms with Crippen LogP contribution in [0, 0.1) is 5.92 Å². The number of rotatable bonds is 7. The number of nitrogens with one attached hydrogen (secondary N) is 2. The van der Waals surface area contributed by atoms with E-state index in [1.807, 2.05) is 18.2 Å². The van der Waals surface area contributed by atoms with Gasteiger partial charge in [-0.15, -0.1) is 0 Å². The van der Waals surface area contributed by atoms with Crippen LogP contribution in [0.4, 0.5) is 0 Å². The molecule has 106 valence electrons. The molecule has 0 saturated carbocycles. The maximum Gasteiger partial charge on any atom is 0.257 e. The van der Waals surface area contributed by atoms with Crippen LogP contribution in [0.25, 0.3) is 0 Å². The first-order valence-corrected chi connectivity index (χ1v) is 7.14. The quantitative estimate of drug-likeness (QED) is 0.807. The highest BCUT2D eigenvalue weighted by molar-refractivity contribution is 9.10. The Morgan fingerprint density at radius 1 is 1.42 bits per heavy atom. The fourth-order valence-electron chi connectivity index (χ4n) is 1.49. The van der Waals surface area contributed by atoms with E-state index in [1.165, 1.54) is 0 Å². The van der Waals surface area contributed by atoms with Gasteiger partial charge in [-0.05, 0) is 36.2 Å². The van der Waals surface area contributed by atoms with Crippen molar-refractivity contribution in [1.29, 1.82) is 0 Å². The lowest BCUT2D eigenvalue weighted by molar-refractivity contribution is -0.122. The molecule has 4 nitrogen and oxygen atoms in total. The molecule has 0 aromatic heterocycles. The number of hydrogen-bond donors (Lipinski definition) is 2. The molecule has 1 aromatic carbocycles. The molecule has 0 heterocycles. The van der Waals surface area contributed by atoms with Crippen LogP contribution in [0.2, 0.25) is 0 Å². The van der Waals surface area contributed by atoms with E-state index in [2.05, 4.69) is 40.4 Å². The molecule has 0 aliphatic heterocycles. The van der Waals surface area contributed by atoms with Crippen LogP contribution in [0.15, 0.2) is 22.7 Å². The van der Waals surface area contributed by atoms with Crippen LogP contribution in [0.3, 0.4) is 0 Å². The van der Waals surface area contributed by atoms with Crippen molar-refractivity contribution < 1.29 is 9.53 Å². The lowest BCUT2D eigenvalue weighted by atomic mass is 10.2. The van der Waals surface area contributed by atoms with Crippen molar-refractivity contribution in [3.05, 3.63) is 28.2 Å². The Balaban J connectivity index is 2.58. The lowest BCUT2D eigenvalue weighted by Gasteiger charge is -2.11. The van der Waals surface area contributed by atoms with Gasteiger partial charge in [-0.2, -0.15) is 0 Å². The lowest BCUT2D eigenvalue weighted by Crippen LogP contribution is -2.25. The van der Waals surface area contributed by atoms with Crippen LogP contribution >= 0.6 is 15.9 Å². The molecule has 0 aliphatic rings. The van der Waals surface area contributed by atoms with Gasteiger partial charge in [-0.1, -0.05) is 29.8 Å². The highest BCUT2D eigenvalue weighted by Crippen LogP contribution is 2.22. The summed E-state index contributed by atoms with van der Waals surface area (Å²) in [5, 5.41) is 5.90. The number of ether oxygens (including phenoxy) is 1. The molecule has 0 unspecified atom stereocenters. The Kier molecular flexibility index (Phi) is 6.87. The molecule has 2 N–H and O–H groups in total. The summed E-state index contributed by atoms with van der Waals surface area (Å²) in [5.74, 6) is 1.18. The molecule has 0 saturated heterocycles. The first-order valence-electron chi connectivity index (χ1n) is 6.35. The number of hydrogen-bond acceptors (Lipinski definition) is 3. The largest absolute Gasteiger partial charge is 0.484 e. The van der Waals surface area contributed by atoms with E-state index >= 15 is 0 Å². The summed E-state index contributed by atoms with van der Waals surface area (Å²) in [7, 11) is 1.59. The summed E-state index contributed by atoms with van der Waals surface area (Å²) in [6, 6.07) is 5.73. The molecule has 5 heteroatoms. The second-order valence-electron chi connectivity index (χ2n) is 4.74. The molecule has 0 aliphatic carbocycles. The summed E-state index contributed by atoms with van der Waals surface area (Å²) < 4.78 is 6.46. The minimum absolute atomic E-state index is 0.0387. The van der Waals surface area contributed by atoms with E-state index in [0.717, 1.165) is 23.1 Å². The molecule has 0 atom stereocenters. The van der Waals surface area contributed by atoms with Crippen molar-refractivity contribution in [2.75, 3.05) is 20.2 Å². The summed E-state index contributed by atoms with van der Waals surface area (Å²) in [6.07, 6.45) is 0. The van der Waals surface area contributed by atoms with Gasteiger partial charge in [0.1, 0.15) is 5.75 Å². The maximum atomic E-state index is 11.1. The molecule has 1 amide bonds. The van der Waals surface area contributed by atoms with Crippen molar-refractivity contribution in [2.24, 2.45) is 5.92 Å². The number of likely N-dealkylation sites (N-methyl/N-ethyl adjacent to an activating group) is 1. The van der Waals surface area contributed by atoms with Crippen LogP contribution in [-0.4, -0.2) is 26.1 Å². The third-order valence-corrected chi connectivity index (χ3v) is 3.31. The number of halogens is 1. The van der Waals surface area contributed by atoms with Gasteiger partial charge < -0.3 is 15.4 Å². The predicted octanol–water partition coefficient (Wildman–Crippen LogP) is 2.32. The fraction of sp³-hybridized carbons (Fsp3) is 0.500. The minimum Gasteiger partial charge on any atom is -0.484 e. The standard InChI is InChI=1S/C14H21BrN2O2/c1-10(2)7-17-8-11-6-12(4-5-13(11)15)19-9-14(18)16-3/h4-6,10,17H,7-9H2,1-3H3,(H,16,18). The first-order chi connectivity index (χ1) is 9.02. The number of amides is 1. The first kappa shape index (κ1) is 16.0. The van der Waals surface area contributed by atoms with Crippen molar-refractivity contribution >= 4 is 21.8 Å². The van der Waals surface area contributed by atoms with E-state index in [-0.39, 0.29) is 12.5 Å². The van der Waals surface area contributed by atoms with Gasteiger partial charge in [-0.25, -0.2) is 0 Å². The molecular formula is C14H21BrN2O2. The van der Waals surface area contributed by atoms with E-state index in [1.54, 1.807) is 7.05 Å². The van der Waals surface area contributed by atoms with Gasteiger partial charge in [-0.3, -0.25) is 4.79 Å². The second kappa shape index (κ2) is 8.17. The van der Waals surface area contributed by atoms with Gasteiger partial charge in [0.25, 0.3) is 5.91 Å². The number of carbonyl (C=O) groups is 1. The average molecular weight is 329 g/mol. The topological polar surface area (TPSA) is 50.4 Å². The Hall–Kier alpha value is -1.07. The summed E-state index contributed by atoms with van der Waals surface area (Å²) in [4.78, 5) is 11.1. The van der Waals surface area contributed by atoms with Gasteiger partial charge in [0.05, 0.1) is 0 Å². The summed E-state index contributed by atoms with van der Waals surface area (Å²) in [5.41, 5.74) is 1.12. The normalized spacial score (nSPS) is 10.6. The number of benzene rings is 1. The minimum atomic E-state index is -0.137. The molecule has 0 bridgehead atoms. The van der Waals surface area contributed by atoms with E-state index in [0.29, 0.717) is 11.7 Å². The zero-order chi connectivity index (χ0) is 14.3. The SMILES string of the molecule is CNC(=O)COc1ccc(Br)c(CNCC(C)C)c1. The molecule has 0 fully saturated rings. The molecule has 1 aromatic rings. The smallest absolute Gasteiger partial charge is 0.257 e. The Labute approximate surface area is 123 Å². The Morgan fingerprint density at radius 2 is 2.16 bits per heavy atom. The molecular weight excluding hydrogens is 308 g/mol. The van der Waals surface area contributed by atoms with Crippen molar-refractivity contribution in [3.63, 3.8) is 0 Å². The number of carbonyl (C=O) groups excluding carboxylic acids is 1. The molecule has 0 spiro atoms. The van der Waals surface area contributed by atoms with Gasteiger partial charge >= 0.3 is 0 Å². The zero-order valence-electron chi connectivity index (χ0n) is 11.6. The Bertz CT molecular complexity index is 422. The second-order valence-corrected chi connectivity index (χ2v) is 5.59. The van der Waals surface area contributed by atoms with Gasteiger partial charge in [0, 0.05) is 18.1 Å². The highest BCUT2D eigenvalue weighted by atomic mass is 79.9. The highest BCUT2D eigenvalue weighted by Gasteiger charge is 2.05. The maximum absolute atomic E-state index is 11.1. The van der Waals surface area contributed by atoms with Crippen LogP contribution in [0.5, 0.6) is 5.75 Å². The van der Waals surface area contributed by atoms with E-state index in [9.17, 15) is 4.79 Å². The predicted molar refractivity (Wildman–Crippen MR) is 80.2 cm³/mol. The Morgan fingerprint density at radius 3 is 2.79 bits per heavy atom. The van der Waals surface area contributed by atoms with E-state index < -0.39 is 0 Å².